The molecule has 0 aliphatic heterocycles. The van der Waals surface area contributed by atoms with E-state index in [9.17, 15) is 9.59 Å². The Morgan fingerprint density at radius 1 is 1.48 bits per heavy atom. The molecule has 4 N–H and O–H groups in total. The molecule has 0 spiro atoms. The highest BCUT2D eigenvalue weighted by Gasteiger charge is 2.20. The van der Waals surface area contributed by atoms with Crippen LogP contribution in [0, 0.1) is 18.8 Å². The summed E-state index contributed by atoms with van der Waals surface area (Å²) in [4.78, 5) is 27.8. The van der Waals surface area contributed by atoms with Crippen LogP contribution in [0.4, 0.5) is 0 Å². The third-order valence-electron chi connectivity index (χ3n) is 3.40. The predicted octanol–water partition coefficient (Wildman–Crippen LogP) is 1.01. The third kappa shape index (κ3) is 3.30. The van der Waals surface area contributed by atoms with E-state index in [0.29, 0.717) is 34.3 Å². The van der Waals surface area contributed by atoms with E-state index in [4.69, 9.17) is 5.73 Å². The van der Waals surface area contributed by atoms with Crippen molar-refractivity contribution in [1.82, 2.24) is 14.9 Å². The van der Waals surface area contributed by atoms with E-state index in [1.54, 1.807) is 34.0 Å². The topological polar surface area (TPSA) is 92.9 Å². The normalized spacial score (nSPS) is 11.2. The van der Waals surface area contributed by atoms with E-state index in [0.717, 1.165) is 0 Å². The number of H-pyrrole nitrogens is 1. The second-order valence-electron chi connectivity index (χ2n) is 6.16. The van der Waals surface area contributed by atoms with Gasteiger partial charge in [-0.1, -0.05) is 11.8 Å². The molecule has 6 nitrogen and oxygen atoms in total. The number of pyridine rings is 1. The minimum Gasteiger partial charge on any atom is -0.353 e. The lowest BCUT2D eigenvalue weighted by atomic mass is 10.0. The van der Waals surface area contributed by atoms with Gasteiger partial charge in [0.1, 0.15) is 5.52 Å². The molecule has 0 unspecified atom stereocenters. The Balaban J connectivity index is 2.85. The highest BCUT2D eigenvalue weighted by molar-refractivity contribution is 6.09. The molecule has 0 aliphatic rings. The smallest absolute Gasteiger partial charge is 0.274 e. The van der Waals surface area contributed by atoms with Crippen LogP contribution in [-0.4, -0.2) is 27.5 Å². The molecule has 0 bridgehead atoms. The number of carbonyl (C=O) groups is 1. The van der Waals surface area contributed by atoms with Gasteiger partial charge in [0, 0.05) is 30.9 Å². The fourth-order valence-electron chi connectivity index (χ4n) is 2.40. The number of nitrogens with two attached hydrogens (primary N) is 1. The van der Waals surface area contributed by atoms with Gasteiger partial charge >= 0.3 is 0 Å². The van der Waals surface area contributed by atoms with Gasteiger partial charge in [0.2, 0.25) is 0 Å². The van der Waals surface area contributed by atoms with Crippen molar-refractivity contribution < 1.29 is 4.79 Å². The van der Waals surface area contributed by atoms with Gasteiger partial charge in [0.15, 0.2) is 0 Å². The Labute approximate surface area is 135 Å². The van der Waals surface area contributed by atoms with Gasteiger partial charge in [-0.15, -0.1) is 0 Å². The van der Waals surface area contributed by atoms with Crippen LogP contribution in [0.3, 0.4) is 0 Å². The van der Waals surface area contributed by atoms with Crippen LogP contribution in [0.2, 0.25) is 0 Å². The molecule has 23 heavy (non-hydrogen) atoms. The summed E-state index contributed by atoms with van der Waals surface area (Å²) in [5, 5.41) is 3.32. The molecule has 0 fully saturated rings. The number of amides is 1. The summed E-state index contributed by atoms with van der Waals surface area (Å²) in [6.07, 6.45) is 1.64. The average molecular weight is 314 g/mol. The number of nitrogens with one attached hydrogen (secondary N) is 2. The minimum absolute atomic E-state index is 0.198. The van der Waals surface area contributed by atoms with Crippen molar-refractivity contribution in [3.05, 3.63) is 33.4 Å². The first-order valence-corrected chi connectivity index (χ1v) is 7.48. The first kappa shape index (κ1) is 16.8. The summed E-state index contributed by atoms with van der Waals surface area (Å²) >= 11 is 0. The molecule has 1 amide bonds. The SMILES string of the molecule is CCNC(=O)c1c(C)[nH]c2c(=O)n(C)cc(C#CC(C)(C)N)c12. The number of carbonyl (C=O) groups excluding carboxylic acids is 1. The first-order chi connectivity index (χ1) is 10.7. The van der Waals surface area contributed by atoms with Gasteiger partial charge in [-0.25, -0.2) is 0 Å². The first-order valence-electron chi connectivity index (χ1n) is 7.48. The van der Waals surface area contributed by atoms with Crippen LogP contribution in [0.15, 0.2) is 11.0 Å². The van der Waals surface area contributed by atoms with Gasteiger partial charge in [0.25, 0.3) is 11.5 Å². The third-order valence-corrected chi connectivity index (χ3v) is 3.40. The number of fused-ring (bicyclic) bond motifs is 1. The molecule has 0 aromatic carbocycles. The molecule has 2 aromatic rings. The monoisotopic (exact) mass is 314 g/mol. The van der Waals surface area contributed by atoms with Crippen molar-refractivity contribution in [2.24, 2.45) is 12.8 Å². The fraction of sp³-hybridized carbons (Fsp3) is 0.412. The zero-order valence-corrected chi connectivity index (χ0v) is 14.1. The molecule has 0 saturated heterocycles. The van der Waals surface area contributed by atoms with Crippen LogP contribution in [-0.2, 0) is 7.05 Å². The van der Waals surface area contributed by atoms with Crippen LogP contribution in [0.1, 0.15) is 42.4 Å². The minimum atomic E-state index is -0.668. The van der Waals surface area contributed by atoms with Crippen molar-refractivity contribution in [3.8, 4) is 11.8 Å². The maximum absolute atomic E-state index is 12.4. The maximum atomic E-state index is 12.4. The molecular weight excluding hydrogens is 292 g/mol. The molecule has 0 atom stereocenters. The van der Waals surface area contributed by atoms with E-state index < -0.39 is 5.54 Å². The van der Waals surface area contributed by atoms with Crippen LogP contribution in [0.25, 0.3) is 10.9 Å². The number of aromatic nitrogens is 2. The number of hydrogen-bond acceptors (Lipinski definition) is 3. The second-order valence-corrected chi connectivity index (χ2v) is 6.16. The zero-order valence-electron chi connectivity index (χ0n) is 14.1. The quantitative estimate of drug-likeness (QED) is 0.722. The van der Waals surface area contributed by atoms with E-state index in [-0.39, 0.29) is 11.5 Å². The van der Waals surface area contributed by atoms with Crippen LogP contribution in [0.5, 0.6) is 0 Å². The molecule has 2 aromatic heterocycles. The molecule has 0 saturated carbocycles. The Morgan fingerprint density at radius 2 is 2.13 bits per heavy atom. The lowest BCUT2D eigenvalue weighted by Gasteiger charge is -2.09. The predicted molar refractivity (Wildman–Crippen MR) is 91.4 cm³/mol. The Kier molecular flexibility index (Phi) is 4.35. The van der Waals surface area contributed by atoms with E-state index in [1.165, 1.54) is 4.57 Å². The number of rotatable bonds is 2. The highest BCUT2D eigenvalue weighted by atomic mass is 16.1. The van der Waals surface area contributed by atoms with Crippen LogP contribution >= 0.6 is 0 Å². The second kappa shape index (κ2) is 5.94. The number of aryl methyl sites for hydroxylation is 2. The number of aromatic amines is 1. The van der Waals surface area contributed by atoms with Crippen molar-refractivity contribution in [3.63, 3.8) is 0 Å². The van der Waals surface area contributed by atoms with Crippen molar-refractivity contribution in [2.75, 3.05) is 6.54 Å². The van der Waals surface area contributed by atoms with Gasteiger partial charge < -0.3 is 20.6 Å². The molecule has 2 rings (SSSR count). The summed E-state index contributed by atoms with van der Waals surface area (Å²) in [5.74, 6) is 5.74. The average Bonchev–Trinajstić information content (AvgIpc) is 2.78. The lowest BCUT2D eigenvalue weighted by molar-refractivity contribution is 0.0957. The van der Waals surface area contributed by atoms with Gasteiger partial charge in [0.05, 0.1) is 16.7 Å². The van der Waals surface area contributed by atoms with Crippen molar-refractivity contribution >= 4 is 16.8 Å². The molecule has 0 aliphatic carbocycles. The molecule has 0 radical (unpaired) electrons. The zero-order chi connectivity index (χ0) is 17.4. The number of hydrogen-bond donors (Lipinski definition) is 3. The molecule has 122 valence electrons. The highest BCUT2D eigenvalue weighted by Crippen LogP contribution is 2.23. The summed E-state index contributed by atoms with van der Waals surface area (Å²) in [6.45, 7) is 7.72. The summed E-state index contributed by atoms with van der Waals surface area (Å²) in [6, 6.07) is 0. The van der Waals surface area contributed by atoms with Crippen molar-refractivity contribution in [2.45, 2.75) is 33.2 Å². The van der Waals surface area contributed by atoms with Gasteiger partial charge in [-0.3, -0.25) is 9.59 Å². The standard InChI is InChI=1S/C17H22N4O2/c1-6-19-15(22)12-10(2)20-14-13(12)11(7-8-17(3,4)18)9-21(5)16(14)23/h9,20H,6,18H2,1-5H3,(H,19,22). The Bertz CT molecular complexity index is 886. The van der Waals surface area contributed by atoms with E-state index in [2.05, 4.69) is 22.1 Å². The Hall–Kier alpha value is -2.52. The fourth-order valence-corrected chi connectivity index (χ4v) is 2.40. The molecular formula is C17H22N4O2. The largest absolute Gasteiger partial charge is 0.353 e. The lowest BCUT2D eigenvalue weighted by Crippen LogP contribution is -2.29. The number of nitrogens with zero attached hydrogens (tertiary/aromatic N) is 1. The molecule has 2 heterocycles. The summed E-state index contributed by atoms with van der Waals surface area (Å²) < 4.78 is 1.45. The Morgan fingerprint density at radius 3 is 2.70 bits per heavy atom. The van der Waals surface area contributed by atoms with Gasteiger partial charge in [-0.05, 0) is 27.7 Å². The van der Waals surface area contributed by atoms with E-state index in [1.807, 2.05) is 6.92 Å². The van der Waals surface area contributed by atoms with Crippen LogP contribution < -0.4 is 16.6 Å². The summed E-state index contributed by atoms with van der Waals surface area (Å²) in [5.41, 5.74) is 7.14. The van der Waals surface area contributed by atoms with Crippen molar-refractivity contribution in [1.29, 1.82) is 0 Å². The molecule has 6 heteroatoms. The summed E-state index contributed by atoms with van der Waals surface area (Å²) in [7, 11) is 1.66. The van der Waals surface area contributed by atoms with E-state index >= 15 is 0 Å². The van der Waals surface area contributed by atoms with Gasteiger partial charge in [-0.2, -0.15) is 0 Å². The maximum Gasteiger partial charge on any atom is 0.274 e.